The van der Waals surface area contributed by atoms with Crippen LogP contribution in [-0.2, 0) is 6.54 Å². The zero-order chi connectivity index (χ0) is 10.4. The molecule has 0 heterocycles. The summed E-state index contributed by atoms with van der Waals surface area (Å²) in [4.78, 5) is 0. The van der Waals surface area contributed by atoms with Gasteiger partial charge in [-0.2, -0.15) is 0 Å². The molecule has 0 spiro atoms. The van der Waals surface area contributed by atoms with Gasteiger partial charge in [-0.1, -0.05) is 29.3 Å². The van der Waals surface area contributed by atoms with Crippen LogP contribution in [0.4, 0.5) is 4.39 Å². The second-order valence-corrected chi connectivity index (χ2v) is 3.73. The highest BCUT2D eigenvalue weighted by molar-refractivity contribution is 6.35. The van der Waals surface area contributed by atoms with Gasteiger partial charge in [0.1, 0.15) is 0 Å². The van der Waals surface area contributed by atoms with Crippen LogP contribution in [0.1, 0.15) is 12.0 Å². The molecule has 0 saturated carbocycles. The van der Waals surface area contributed by atoms with Crippen LogP contribution in [0.2, 0.25) is 10.0 Å². The molecule has 0 radical (unpaired) electrons. The van der Waals surface area contributed by atoms with Gasteiger partial charge in [0.05, 0.1) is 6.67 Å². The Morgan fingerprint density at radius 2 is 1.86 bits per heavy atom. The van der Waals surface area contributed by atoms with E-state index in [2.05, 4.69) is 5.32 Å². The Balaban J connectivity index is 2.49. The summed E-state index contributed by atoms with van der Waals surface area (Å²) in [7, 11) is 0. The molecule has 14 heavy (non-hydrogen) atoms. The predicted octanol–water partition coefficient (Wildman–Crippen LogP) is 3.44. The molecular weight excluding hydrogens is 224 g/mol. The summed E-state index contributed by atoms with van der Waals surface area (Å²) in [6, 6.07) is 5.38. The summed E-state index contributed by atoms with van der Waals surface area (Å²) in [5.41, 5.74) is 0.870. The third-order valence-electron chi connectivity index (χ3n) is 1.85. The molecule has 0 unspecified atom stereocenters. The molecule has 0 bridgehead atoms. The minimum Gasteiger partial charge on any atom is -0.312 e. The number of nitrogens with one attached hydrogen (secondary N) is 1. The monoisotopic (exact) mass is 235 g/mol. The summed E-state index contributed by atoms with van der Waals surface area (Å²) in [5, 5.41) is 4.36. The average molecular weight is 236 g/mol. The van der Waals surface area contributed by atoms with Gasteiger partial charge in [0.15, 0.2) is 0 Å². The fraction of sp³-hybridized carbons (Fsp3) is 0.400. The molecule has 0 fully saturated rings. The molecule has 0 aliphatic rings. The highest BCUT2D eigenvalue weighted by Crippen LogP contribution is 2.23. The highest BCUT2D eigenvalue weighted by atomic mass is 35.5. The molecule has 1 N–H and O–H groups in total. The zero-order valence-electron chi connectivity index (χ0n) is 7.69. The van der Waals surface area contributed by atoms with E-state index in [1.807, 2.05) is 0 Å². The zero-order valence-corrected chi connectivity index (χ0v) is 9.21. The first-order valence-electron chi connectivity index (χ1n) is 4.45. The lowest BCUT2D eigenvalue weighted by Gasteiger charge is -2.07. The molecule has 0 aliphatic carbocycles. The van der Waals surface area contributed by atoms with E-state index in [1.54, 1.807) is 18.2 Å². The second-order valence-electron chi connectivity index (χ2n) is 2.92. The van der Waals surface area contributed by atoms with E-state index in [0.29, 0.717) is 29.6 Å². The van der Waals surface area contributed by atoms with Crippen molar-refractivity contribution in [3.8, 4) is 0 Å². The SMILES string of the molecule is FCCCNCc1c(Cl)cccc1Cl. The van der Waals surface area contributed by atoms with Crippen LogP contribution in [0.5, 0.6) is 0 Å². The van der Waals surface area contributed by atoms with Crippen molar-refractivity contribution < 1.29 is 4.39 Å². The Kier molecular flexibility index (Phi) is 5.23. The van der Waals surface area contributed by atoms with Crippen molar-refractivity contribution in [2.75, 3.05) is 13.2 Å². The Bertz CT molecular complexity index is 271. The first kappa shape index (κ1) is 11.8. The van der Waals surface area contributed by atoms with Gasteiger partial charge in [0, 0.05) is 22.2 Å². The maximum atomic E-state index is 11.8. The summed E-state index contributed by atoms with van der Waals surface area (Å²) in [6.07, 6.45) is 0.516. The standard InChI is InChI=1S/C10H12Cl2FN/c11-9-3-1-4-10(12)8(9)7-14-6-2-5-13/h1,3-4,14H,2,5-7H2. The lowest BCUT2D eigenvalue weighted by Crippen LogP contribution is -2.15. The van der Waals surface area contributed by atoms with Crippen molar-refractivity contribution in [2.45, 2.75) is 13.0 Å². The van der Waals surface area contributed by atoms with Gasteiger partial charge < -0.3 is 5.32 Å². The van der Waals surface area contributed by atoms with Crippen molar-refractivity contribution in [1.82, 2.24) is 5.32 Å². The maximum Gasteiger partial charge on any atom is 0.0906 e. The molecule has 0 aromatic heterocycles. The van der Waals surface area contributed by atoms with Crippen molar-refractivity contribution >= 4 is 23.2 Å². The van der Waals surface area contributed by atoms with Gasteiger partial charge in [-0.25, -0.2) is 0 Å². The third kappa shape index (κ3) is 3.45. The number of benzene rings is 1. The van der Waals surface area contributed by atoms with Gasteiger partial charge >= 0.3 is 0 Å². The number of alkyl halides is 1. The topological polar surface area (TPSA) is 12.0 Å². The van der Waals surface area contributed by atoms with E-state index in [-0.39, 0.29) is 6.67 Å². The number of hydrogen-bond donors (Lipinski definition) is 1. The first-order chi connectivity index (χ1) is 6.75. The number of rotatable bonds is 5. The Hall–Kier alpha value is -0.310. The molecule has 4 heteroatoms. The van der Waals surface area contributed by atoms with E-state index in [1.165, 1.54) is 0 Å². The van der Waals surface area contributed by atoms with E-state index >= 15 is 0 Å². The Morgan fingerprint density at radius 1 is 1.21 bits per heavy atom. The molecule has 1 rings (SSSR count). The van der Waals surface area contributed by atoms with Crippen molar-refractivity contribution in [3.05, 3.63) is 33.8 Å². The van der Waals surface area contributed by atoms with Crippen LogP contribution < -0.4 is 5.32 Å². The predicted molar refractivity (Wildman–Crippen MR) is 58.8 cm³/mol. The van der Waals surface area contributed by atoms with Crippen molar-refractivity contribution in [1.29, 1.82) is 0 Å². The van der Waals surface area contributed by atoms with E-state index < -0.39 is 0 Å². The van der Waals surface area contributed by atoms with Gasteiger partial charge in [0.25, 0.3) is 0 Å². The Labute approximate surface area is 93.2 Å². The fourth-order valence-corrected chi connectivity index (χ4v) is 1.64. The number of halogens is 3. The summed E-state index contributed by atoms with van der Waals surface area (Å²) >= 11 is 11.9. The van der Waals surface area contributed by atoms with Crippen LogP contribution >= 0.6 is 23.2 Å². The first-order valence-corrected chi connectivity index (χ1v) is 5.21. The molecule has 0 amide bonds. The Morgan fingerprint density at radius 3 is 2.43 bits per heavy atom. The number of hydrogen-bond acceptors (Lipinski definition) is 1. The molecule has 0 aliphatic heterocycles. The lowest BCUT2D eigenvalue weighted by atomic mass is 10.2. The largest absolute Gasteiger partial charge is 0.312 e. The van der Waals surface area contributed by atoms with Crippen molar-refractivity contribution in [3.63, 3.8) is 0 Å². The molecule has 0 atom stereocenters. The highest BCUT2D eigenvalue weighted by Gasteiger charge is 2.03. The summed E-state index contributed by atoms with van der Waals surface area (Å²) in [6.45, 7) is 0.916. The van der Waals surface area contributed by atoms with Crippen LogP contribution in [0.3, 0.4) is 0 Å². The van der Waals surface area contributed by atoms with E-state index in [9.17, 15) is 4.39 Å². The molecule has 1 aromatic rings. The van der Waals surface area contributed by atoms with Gasteiger partial charge in [-0.15, -0.1) is 0 Å². The van der Waals surface area contributed by atoms with E-state index in [0.717, 1.165) is 5.56 Å². The normalized spacial score (nSPS) is 10.5. The van der Waals surface area contributed by atoms with Gasteiger partial charge in [-0.3, -0.25) is 4.39 Å². The quantitative estimate of drug-likeness (QED) is 0.772. The fourth-order valence-electron chi connectivity index (χ4n) is 1.11. The smallest absolute Gasteiger partial charge is 0.0906 e. The van der Waals surface area contributed by atoms with Crippen LogP contribution in [0.25, 0.3) is 0 Å². The van der Waals surface area contributed by atoms with Crippen molar-refractivity contribution in [2.24, 2.45) is 0 Å². The van der Waals surface area contributed by atoms with Gasteiger partial charge in [0.2, 0.25) is 0 Å². The minimum atomic E-state index is -0.302. The van der Waals surface area contributed by atoms with Crippen LogP contribution in [0, 0.1) is 0 Å². The molecule has 0 saturated heterocycles. The second kappa shape index (κ2) is 6.23. The van der Waals surface area contributed by atoms with Gasteiger partial charge in [-0.05, 0) is 25.1 Å². The summed E-state index contributed by atoms with van der Waals surface area (Å²) < 4.78 is 11.8. The van der Waals surface area contributed by atoms with E-state index in [4.69, 9.17) is 23.2 Å². The maximum absolute atomic E-state index is 11.8. The molecular formula is C10H12Cl2FN. The molecule has 1 aromatic carbocycles. The average Bonchev–Trinajstić information content (AvgIpc) is 2.16. The third-order valence-corrected chi connectivity index (χ3v) is 2.56. The van der Waals surface area contributed by atoms with Crippen LogP contribution in [0.15, 0.2) is 18.2 Å². The lowest BCUT2D eigenvalue weighted by molar-refractivity contribution is 0.459. The summed E-state index contributed by atoms with van der Waals surface area (Å²) in [5.74, 6) is 0. The molecule has 78 valence electrons. The van der Waals surface area contributed by atoms with Crippen LogP contribution in [-0.4, -0.2) is 13.2 Å². The molecule has 1 nitrogen and oxygen atoms in total. The minimum absolute atomic E-state index is 0.302.